The highest BCUT2D eigenvalue weighted by atomic mass is 32.1. The fourth-order valence-electron chi connectivity index (χ4n) is 3.50. The van der Waals surface area contributed by atoms with E-state index in [0.29, 0.717) is 28.4 Å². The zero-order valence-corrected chi connectivity index (χ0v) is 23.0. The lowest BCUT2D eigenvalue weighted by Gasteiger charge is -2.22. The standard InChI is InChI=1S/C24H30F3N4O6PS/c1-15(31(14-32)13-19-12-29-16(2)30-24(19)28)22(7-8-37-38(34,35)36)39-23(33)6-5-17-3-4-18(9-25)21(11-27)20(17)10-26/h3-6,12,14,33,39H,7-11,13H2,1-2H3,(H2,28,29,30)(H2,34,35,36)/b6-5+,22-15-. The Labute approximate surface area is 227 Å². The number of aliphatic hydroxyl groups excluding tert-OH is 1. The Morgan fingerprint density at radius 1 is 1.18 bits per heavy atom. The minimum Gasteiger partial charge on any atom is -0.383 e. The number of aromatic nitrogens is 2. The van der Waals surface area contributed by atoms with Gasteiger partial charge in [0.15, 0.2) is 0 Å². The molecule has 0 aliphatic rings. The number of nitrogens with two attached hydrogens (primary N) is 1. The number of aryl methyl sites for hydroxylation is 1. The second kappa shape index (κ2) is 15.1. The van der Waals surface area contributed by atoms with E-state index in [1.807, 2.05) is 0 Å². The molecule has 1 aromatic heterocycles. The predicted octanol–water partition coefficient (Wildman–Crippen LogP) is 4.33. The van der Waals surface area contributed by atoms with E-state index in [2.05, 4.69) is 14.5 Å². The lowest BCUT2D eigenvalue weighted by Crippen LogP contribution is -2.22. The number of phosphoric ester groups is 1. The number of thiol groups is 1. The van der Waals surface area contributed by atoms with E-state index >= 15 is 0 Å². The molecule has 5 N–H and O–H groups in total. The molecule has 10 nitrogen and oxygen atoms in total. The fourth-order valence-corrected chi connectivity index (χ4v) is 4.75. The Bertz CT molecular complexity index is 1320. The number of aliphatic hydroxyl groups is 1. The van der Waals surface area contributed by atoms with Gasteiger partial charge >= 0.3 is 7.82 Å². The molecule has 0 fully saturated rings. The number of nitrogens with zero attached hydrogens (tertiary/aromatic N) is 3. The molecule has 1 aromatic carbocycles. The highest BCUT2D eigenvalue weighted by Crippen LogP contribution is 2.36. The van der Waals surface area contributed by atoms with Gasteiger partial charge in [0.2, 0.25) is 6.41 Å². The summed E-state index contributed by atoms with van der Waals surface area (Å²) in [5, 5.41) is 10.3. The van der Waals surface area contributed by atoms with E-state index in [9.17, 15) is 27.6 Å². The number of amides is 1. The Morgan fingerprint density at radius 2 is 1.87 bits per heavy atom. The molecular weight excluding hydrogens is 560 g/mol. The van der Waals surface area contributed by atoms with Gasteiger partial charge in [-0.15, -0.1) is 11.4 Å². The zero-order chi connectivity index (χ0) is 29.2. The molecule has 39 heavy (non-hydrogen) atoms. The van der Waals surface area contributed by atoms with Crippen LogP contribution in [0.15, 0.2) is 35.0 Å². The highest BCUT2D eigenvalue weighted by Gasteiger charge is 2.17. The number of allylic oxidation sites excluding steroid dienone is 1. The number of anilines is 1. The number of carbonyl (C=O) groups excluding carboxylic acids is 1. The van der Waals surface area contributed by atoms with Crippen molar-refractivity contribution in [2.75, 3.05) is 12.3 Å². The summed E-state index contributed by atoms with van der Waals surface area (Å²) in [5.41, 5.74) is 6.84. The van der Waals surface area contributed by atoms with Gasteiger partial charge in [0.25, 0.3) is 0 Å². The average Bonchev–Trinajstić information content (AvgIpc) is 2.89. The third-order valence-electron chi connectivity index (χ3n) is 5.57. The van der Waals surface area contributed by atoms with Gasteiger partial charge in [-0.1, -0.05) is 18.2 Å². The number of alkyl halides is 3. The molecule has 0 radical (unpaired) electrons. The smallest absolute Gasteiger partial charge is 0.383 e. The quantitative estimate of drug-likeness (QED) is 0.0710. The lowest BCUT2D eigenvalue weighted by atomic mass is 9.97. The summed E-state index contributed by atoms with van der Waals surface area (Å²) in [7, 11) is -4.78. The van der Waals surface area contributed by atoms with Gasteiger partial charge in [0, 0.05) is 28.8 Å². The minimum absolute atomic E-state index is 0.0246. The predicted molar refractivity (Wildman–Crippen MR) is 145 cm³/mol. The second-order valence-electron chi connectivity index (χ2n) is 8.14. The molecule has 15 heteroatoms. The first-order chi connectivity index (χ1) is 18.4. The number of rotatable bonds is 14. The fraction of sp³-hybridized carbons (Fsp3) is 0.333. The number of phosphoric acid groups is 1. The summed E-state index contributed by atoms with van der Waals surface area (Å²) in [5.74, 6) is 0.605. The molecule has 2 rings (SSSR count). The number of carbonyl (C=O) groups is 1. The molecule has 2 aromatic rings. The second-order valence-corrected chi connectivity index (χ2v) is 10.6. The first-order valence-corrected chi connectivity index (χ1v) is 13.8. The third kappa shape index (κ3) is 9.67. The van der Waals surface area contributed by atoms with E-state index in [0.717, 1.165) is 0 Å². The van der Waals surface area contributed by atoms with Crippen molar-refractivity contribution in [1.82, 2.24) is 14.9 Å². The van der Waals surface area contributed by atoms with E-state index < -0.39 is 34.5 Å². The van der Waals surface area contributed by atoms with Crippen LogP contribution in [0.5, 0.6) is 0 Å². The minimum atomic E-state index is -4.78. The molecule has 0 aliphatic carbocycles. The van der Waals surface area contributed by atoms with Crippen LogP contribution in [0.2, 0.25) is 0 Å². The molecule has 0 unspecified atom stereocenters. The molecule has 1 amide bonds. The van der Waals surface area contributed by atoms with E-state index in [1.165, 1.54) is 35.4 Å². The molecule has 0 saturated heterocycles. The van der Waals surface area contributed by atoms with Crippen molar-refractivity contribution in [3.63, 3.8) is 0 Å². The van der Waals surface area contributed by atoms with Gasteiger partial charge < -0.3 is 25.5 Å². The molecule has 0 atom stereocenters. The number of halogens is 3. The summed E-state index contributed by atoms with van der Waals surface area (Å²) in [4.78, 5) is 39.7. The summed E-state index contributed by atoms with van der Waals surface area (Å²) in [6.45, 7) is -0.307. The van der Waals surface area contributed by atoms with Crippen LogP contribution >= 0.6 is 19.2 Å². The van der Waals surface area contributed by atoms with Gasteiger partial charge in [-0.3, -0.25) is 9.32 Å². The molecular formula is C24H30F3N4O6PS. The largest absolute Gasteiger partial charge is 0.469 e. The van der Waals surface area contributed by atoms with Crippen LogP contribution in [0, 0.1) is 6.92 Å². The van der Waals surface area contributed by atoms with Gasteiger partial charge in [0.05, 0.1) is 18.2 Å². The van der Waals surface area contributed by atoms with Crippen LogP contribution in [0.4, 0.5) is 19.0 Å². The van der Waals surface area contributed by atoms with Crippen LogP contribution in [0.25, 0.3) is 6.08 Å². The SMILES string of the molecule is C/C(=C(CCOP(=O)(O)O)/[SH]=C(O)\C=C\c1ccc(CF)c(CF)c1CF)N(C=O)Cc1cnc(C)nc1N. The van der Waals surface area contributed by atoms with Gasteiger partial charge in [-0.25, -0.2) is 27.7 Å². The van der Waals surface area contributed by atoms with Crippen molar-refractivity contribution in [3.05, 3.63) is 68.6 Å². The van der Waals surface area contributed by atoms with Crippen LogP contribution < -0.4 is 5.73 Å². The van der Waals surface area contributed by atoms with Crippen LogP contribution in [-0.4, -0.2) is 47.8 Å². The van der Waals surface area contributed by atoms with E-state index in [4.69, 9.17) is 15.5 Å². The summed E-state index contributed by atoms with van der Waals surface area (Å²) < 4.78 is 55.9. The van der Waals surface area contributed by atoms with E-state index in [1.54, 1.807) is 13.8 Å². The topological polar surface area (TPSA) is 159 Å². The lowest BCUT2D eigenvalue weighted by molar-refractivity contribution is -0.116. The van der Waals surface area contributed by atoms with Crippen LogP contribution in [-0.2, 0) is 40.5 Å². The normalized spacial score (nSPS) is 13.3. The summed E-state index contributed by atoms with van der Waals surface area (Å²) >= 11 is 0.132. The van der Waals surface area contributed by atoms with Gasteiger partial charge in [-0.05, 0) is 42.2 Å². The van der Waals surface area contributed by atoms with Crippen molar-refractivity contribution in [2.24, 2.45) is 0 Å². The maximum Gasteiger partial charge on any atom is 0.469 e. The maximum absolute atomic E-state index is 13.6. The number of benzene rings is 1. The molecule has 214 valence electrons. The average molecular weight is 591 g/mol. The van der Waals surface area contributed by atoms with Gasteiger partial charge in [0.1, 0.15) is 31.7 Å². The Hall–Kier alpha value is -2.87. The van der Waals surface area contributed by atoms with Crippen LogP contribution in [0.1, 0.15) is 47.0 Å². The van der Waals surface area contributed by atoms with E-state index in [-0.39, 0.29) is 57.4 Å². The van der Waals surface area contributed by atoms with Crippen molar-refractivity contribution < 1.29 is 41.9 Å². The van der Waals surface area contributed by atoms with Crippen molar-refractivity contribution in [1.29, 1.82) is 0 Å². The molecule has 0 aliphatic heterocycles. The third-order valence-corrected chi connectivity index (χ3v) is 7.28. The number of nitrogen functional groups attached to an aromatic ring is 1. The highest BCUT2D eigenvalue weighted by molar-refractivity contribution is 8.02. The Balaban J connectivity index is 2.45. The monoisotopic (exact) mass is 590 g/mol. The Morgan fingerprint density at radius 3 is 2.44 bits per heavy atom. The van der Waals surface area contributed by atoms with Crippen molar-refractivity contribution >= 4 is 42.5 Å². The Kier molecular flexibility index (Phi) is 12.5. The van der Waals surface area contributed by atoms with Crippen molar-refractivity contribution in [2.45, 2.75) is 46.8 Å². The first kappa shape index (κ1) is 32.3. The number of hydrogen-bond donors (Lipinski definition) is 5. The zero-order valence-electron chi connectivity index (χ0n) is 21.2. The molecule has 0 spiro atoms. The van der Waals surface area contributed by atoms with Crippen LogP contribution in [0.3, 0.4) is 0 Å². The summed E-state index contributed by atoms with van der Waals surface area (Å²) in [6, 6.07) is 2.74. The first-order valence-electron chi connectivity index (χ1n) is 11.4. The molecule has 0 bridgehead atoms. The van der Waals surface area contributed by atoms with Gasteiger partial charge in [-0.2, -0.15) is 0 Å². The molecule has 1 heterocycles. The maximum atomic E-state index is 13.6. The van der Waals surface area contributed by atoms with Crippen molar-refractivity contribution in [3.8, 4) is 0 Å². The molecule has 0 saturated carbocycles. The number of hydrogen-bond acceptors (Lipinski definition) is 6. The summed E-state index contributed by atoms with van der Waals surface area (Å²) in [6.07, 6.45) is 4.44.